The van der Waals surface area contributed by atoms with E-state index >= 15 is 0 Å². The van der Waals surface area contributed by atoms with Crippen LogP contribution in [0.5, 0.6) is 0 Å². The Morgan fingerprint density at radius 2 is 1.92 bits per heavy atom. The lowest BCUT2D eigenvalue weighted by atomic mass is 10.1. The van der Waals surface area contributed by atoms with E-state index in [-0.39, 0.29) is 0 Å². The van der Waals surface area contributed by atoms with E-state index in [9.17, 15) is 0 Å². The first-order valence-corrected chi connectivity index (χ1v) is 5.24. The molecule has 1 saturated carbocycles. The Bertz CT molecular complexity index is 121. The second-order valence-corrected chi connectivity index (χ2v) is 3.61. The molecule has 1 rings (SSSR count). The van der Waals surface area contributed by atoms with E-state index in [1.807, 2.05) is 0 Å². The lowest BCUT2D eigenvalue weighted by Gasteiger charge is -2.30. The Kier molecular flexibility index (Phi) is 4.02. The van der Waals surface area contributed by atoms with E-state index in [0.717, 1.165) is 12.1 Å². The van der Waals surface area contributed by atoms with Crippen LogP contribution >= 0.6 is 0 Å². The van der Waals surface area contributed by atoms with Crippen molar-refractivity contribution in [2.45, 2.75) is 45.2 Å². The third kappa shape index (κ3) is 1.99. The maximum absolute atomic E-state index is 3.42. The molecular formula is C10H22N2. The van der Waals surface area contributed by atoms with Crippen molar-refractivity contribution >= 4 is 0 Å². The van der Waals surface area contributed by atoms with E-state index in [4.69, 9.17) is 0 Å². The van der Waals surface area contributed by atoms with Crippen molar-refractivity contribution < 1.29 is 0 Å². The van der Waals surface area contributed by atoms with Crippen LogP contribution in [0, 0.1) is 0 Å². The summed E-state index contributed by atoms with van der Waals surface area (Å²) in [6.07, 6.45) is 4.14. The molecular weight excluding hydrogens is 148 g/mol. The van der Waals surface area contributed by atoms with E-state index in [1.165, 1.54) is 32.4 Å². The van der Waals surface area contributed by atoms with Crippen molar-refractivity contribution in [3.8, 4) is 0 Å². The quantitative estimate of drug-likeness (QED) is 0.687. The van der Waals surface area contributed by atoms with Gasteiger partial charge in [0.05, 0.1) is 0 Å². The Hall–Kier alpha value is -0.0800. The average Bonchev–Trinajstić information content (AvgIpc) is 2.55. The fourth-order valence-corrected chi connectivity index (χ4v) is 2.41. The minimum Gasteiger partial charge on any atom is -0.315 e. The molecule has 0 heterocycles. The van der Waals surface area contributed by atoms with Gasteiger partial charge in [0, 0.05) is 12.1 Å². The zero-order valence-electron chi connectivity index (χ0n) is 8.64. The topological polar surface area (TPSA) is 15.3 Å². The summed E-state index contributed by atoms with van der Waals surface area (Å²) in [5, 5.41) is 3.42. The highest BCUT2D eigenvalue weighted by Crippen LogP contribution is 2.23. The Morgan fingerprint density at radius 3 is 2.42 bits per heavy atom. The highest BCUT2D eigenvalue weighted by molar-refractivity contribution is 4.88. The van der Waals surface area contributed by atoms with Crippen molar-refractivity contribution in [1.82, 2.24) is 10.2 Å². The first-order chi connectivity index (χ1) is 5.83. The van der Waals surface area contributed by atoms with Crippen molar-refractivity contribution in [2.75, 3.05) is 20.1 Å². The van der Waals surface area contributed by atoms with Gasteiger partial charge in [-0.2, -0.15) is 0 Å². The molecule has 1 aliphatic carbocycles. The lowest BCUT2D eigenvalue weighted by molar-refractivity contribution is 0.193. The van der Waals surface area contributed by atoms with E-state index in [0.29, 0.717) is 0 Å². The van der Waals surface area contributed by atoms with Crippen LogP contribution in [0.15, 0.2) is 0 Å². The normalized spacial score (nSPS) is 30.0. The molecule has 0 radical (unpaired) electrons. The van der Waals surface area contributed by atoms with Gasteiger partial charge in [-0.25, -0.2) is 0 Å². The van der Waals surface area contributed by atoms with Gasteiger partial charge in [0.2, 0.25) is 0 Å². The van der Waals surface area contributed by atoms with Crippen LogP contribution in [-0.2, 0) is 0 Å². The molecule has 1 N–H and O–H groups in total. The van der Waals surface area contributed by atoms with Gasteiger partial charge in [0.15, 0.2) is 0 Å². The Balaban J connectivity index is 2.47. The summed E-state index contributed by atoms with van der Waals surface area (Å²) in [5.74, 6) is 0. The van der Waals surface area contributed by atoms with Gasteiger partial charge in [-0.3, -0.25) is 4.90 Å². The van der Waals surface area contributed by atoms with Crippen molar-refractivity contribution in [2.24, 2.45) is 0 Å². The molecule has 12 heavy (non-hydrogen) atoms. The first-order valence-electron chi connectivity index (χ1n) is 5.24. The summed E-state index contributed by atoms with van der Waals surface area (Å²) in [7, 11) is 2.09. The predicted molar refractivity (Wildman–Crippen MR) is 53.4 cm³/mol. The number of nitrogens with zero attached hydrogens (tertiary/aromatic N) is 1. The second-order valence-electron chi connectivity index (χ2n) is 3.61. The summed E-state index contributed by atoms with van der Waals surface area (Å²) in [6, 6.07) is 1.54. The maximum atomic E-state index is 3.42. The molecule has 1 aliphatic rings. The van der Waals surface area contributed by atoms with Gasteiger partial charge in [-0.1, -0.05) is 20.3 Å². The number of likely N-dealkylation sites (N-methyl/N-ethyl adjacent to an activating group) is 2. The molecule has 72 valence electrons. The Labute approximate surface area is 76.3 Å². The second kappa shape index (κ2) is 4.83. The largest absolute Gasteiger partial charge is 0.315 e. The maximum Gasteiger partial charge on any atom is 0.0249 e. The summed E-state index contributed by atoms with van der Waals surface area (Å²) in [6.45, 7) is 6.90. The van der Waals surface area contributed by atoms with Crippen molar-refractivity contribution in [3.05, 3.63) is 0 Å². The molecule has 2 atom stereocenters. The molecule has 0 aliphatic heterocycles. The summed E-state index contributed by atoms with van der Waals surface area (Å²) in [4.78, 5) is 2.58. The Morgan fingerprint density at radius 1 is 1.25 bits per heavy atom. The molecule has 0 unspecified atom stereocenters. The SMILES string of the molecule is CCN(CC)[C@H]1CCC[C@H]1NC. The molecule has 0 aromatic carbocycles. The van der Waals surface area contributed by atoms with Gasteiger partial charge in [0.25, 0.3) is 0 Å². The van der Waals surface area contributed by atoms with Crippen LogP contribution < -0.4 is 5.32 Å². The predicted octanol–water partition coefficient (Wildman–Crippen LogP) is 1.47. The minimum absolute atomic E-state index is 0.741. The fourth-order valence-electron chi connectivity index (χ4n) is 2.41. The lowest BCUT2D eigenvalue weighted by Crippen LogP contribution is -2.45. The molecule has 0 spiro atoms. The zero-order chi connectivity index (χ0) is 8.97. The summed E-state index contributed by atoms with van der Waals surface area (Å²) in [5.41, 5.74) is 0. The fraction of sp³-hybridized carbons (Fsp3) is 1.00. The molecule has 0 bridgehead atoms. The summed E-state index contributed by atoms with van der Waals surface area (Å²) >= 11 is 0. The van der Waals surface area contributed by atoms with Crippen LogP contribution in [0.1, 0.15) is 33.1 Å². The molecule has 0 aromatic heterocycles. The smallest absolute Gasteiger partial charge is 0.0249 e. The molecule has 0 aromatic rings. The van der Waals surface area contributed by atoms with E-state index < -0.39 is 0 Å². The molecule has 0 amide bonds. The third-order valence-corrected chi connectivity index (χ3v) is 3.13. The highest BCUT2D eigenvalue weighted by Gasteiger charge is 2.29. The molecule has 1 fully saturated rings. The van der Waals surface area contributed by atoms with Gasteiger partial charge >= 0.3 is 0 Å². The number of rotatable bonds is 4. The van der Waals surface area contributed by atoms with Crippen LogP contribution in [0.25, 0.3) is 0 Å². The monoisotopic (exact) mass is 170 g/mol. The standard InChI is InChI=1S/C10H22N2/c1-4-12(5-2)10-8-6-7-9(10)11-3/h9-11H,4-8H2,1-3H3/t9-,10+/m1/s1. The number of hydrogen-bond donors (Lipinski definition) is 1. The van der Waals surface area contributed by atoms with E-state index in [1.54, 1.807) is 0 Å². The molecule has 2 nitrogen and oxygen atoms in total. The van der Waals surface area contributed by atoms with Gasteiger partial charge in [-0.15, -0.1) is 0 Å². The van der Waals surface area contributed by atoms with E-state index in [2.05, 4.69) is 31.1 Å². The van der Waals surface area contributed by atoms with Crippen LogP contribution in [0.4, 0.5) is 0 Å². The van der Waals surface area contributed by atoms with Crippen LogP contribution in [0.2, 0.25) is 0 Å². The van der Waals surface area contributed by atoms with Gasteiger partial charge < -0.3 is 5.32 Å². The summed E-state index contributed by atoms with van der Waals surface area (Å²) < 4.78 is 0. The van der Waals surface area contributed by atoms with Gasteiger partial charge in [0.1, 0.15) is 0 Å². The number of hydrogen-bond acceptors (Lipinski definition) is 2. The van der Waals surface area contributed by atoms with Crippen LogP contribution in [-0.4, -0.2) is 37.1 Å². The van der Waals surface area contributed by atoms with Crippen molar-refractivity contribution in [3.63, 3.8) is 0 Å². The van der Waals surface area contributed by atoms with Crippen LogP contribution in [0.3, 0.4) is 0 Å². The molecule has 2 heteroatoms. The first kappa shape index (κ1) is 10.0. The zero-order valence-corrected chi connectivity index (χ0v) is 8.64. The third-order valence-electron chi connectivity index (χ3n) is 3.13. The molecule has 0 saturated heterocycles. The minimum atomic E-state index is 0.741. The van der Waals surface area contributed by atoms with Gasteiger partial charge in [-0.05, 0) is 33.0 Å². The van der Waals surface area contributed by atoms with Crippen molar-refractivity contribution in [1.29, 1.82) is 0 Å². The number of nitrogens with one attached hydrogen (secondary N) is 1. The average molecular weight is 170 g/mol. The highest BCUT2D eigenvalue weighted by atomic mass is 15.2.